The van der Waals surface area contributed by atoms with Crippen LogP contribution in [-0.2, 0) is 11.3 Å². The lowest BCUT2D eigenvalue weighted by Gasteiger charge is -2.27. The molecule has 2 aromatic rings. The molecule has 3 heteroatoms. The zero-order chi connectivity index (χ0) is 15.1. The van der Waals surface area contributed by atoms with E-state index >= 15 is 0 Å². The fourth-order valence-electron chi connectivity index (χ4n) is 2.32. The van der Waals surface area contributed by atoms with Crippen molar-refractivity contribution in [3.8, 4) is 0 Å². The molecule has 0 unspecified atom stereocenters. The van der Waals surface area contributed by atoms with Gasteiger partial charge in [0.05, 0.1) is 25.4 Å². The molecule has 21 heavy (non-hydrogen) atoms. The van der Waals surface area contributed by atoms with Crippen LogP contribution in [0.25, 0.3) is 0 Å². The average molecular weight is 286 g/mol. The van der Waals surface area contributed by atoms with Crippen LogP contribution in [0.5, 0.6) is 0 Å². The second kappa shape index (κ2) is 7.93. The number of benzene rings is 2. The summed E-state index contributed by atoms with van der Waals surface area (Å²) in [6.45, 7) is 2.10. The molecule has 0 saturated carbocycles. The lowest BCUT2D eigenvalue weighted by Crippen LogP contribution is -2.28. The Morgan fingerprint density at radius 3 is 2.10 bits per heavy atom. The van der Waals surface area contributed by atoms with Crippen LogP contribution in [0.4, 0.5) is 0 Å². The predicted octanol–water partition coefficient (Wildman–Crippen LogP) is 2.93. The van der Waals surface area contributed by atoms with Gasteiger partial charge in [-0.25, -0.2) is 0 Å². The van der Waals surface area contributed by atoms with Gasteiger partial charge in [-0.1, -0.05) is 67.6 Å². The van der Waals surface area contributed by atoms with Crippen LogP contribution in [0.15, 0.2) is 60.7 Å². The number of aliphatic hydroxyl groups excluding tert-OH is 2. The summed E-state index contributed by atoms with van der Waals surface area (Å²) in [7, 11) is 0. The van der Waals surface area contributed by atoms with Gasteiger partial charge in [-0.15, -0.1) is 0 Å². The highest BCUT2D eigenvalue weighted by Gasteiger charge is 2.26. The third-order valence-corrected chi connectivity index (χ3v) is 3.67. The smallest absolute Gasteiger partial charge is 0.0880 e. The van der Waals surface area contributed by atoms with Gasteiger partial charge in [0.2, 0.25) is 0 Å². The van der Waals surface area contributed by atoms with Gasteiger partial charge in [-0.3, -0.25) is 0 Å². The minimum absolute atomic E-state index is 0.193. The molecule has 3 nitrogen and oxygen atoms in total. The summed E-state index contributed by atoms with van der Waals surface area (Å²) in [4.78, 5) is 0. The quantitative estimate of drug-likeness (QED) is 0.823. The Balaban J connectivity index is 2.12. The second-order valence-corrected chi connectivity index (χ2v) is 5.24. The van der Waals surface area contributed by atoms with E-state index in [2.05, 4.69) is 0 Å². The first-order valence-corrected chi connectivity index (χ1v) is 7.21. The molecule has 0 bridgehead atoms. The maximum absolute atomic E-state index is 9.93. The van der Waals surface area contributed by atoms with Crippen LogP contribution in [0.1, 0.15) is 24.2 Å². The van der Waals surface area contributed by atoms with Gasteiger partial charge in [0, 0.05) is 5.92 Å². The topological polar surface area (TPSA) is 49.7 Å². The molecule has 2 N–H and O–H groups in total. The van der Waals surface area contributed by atoms with Crippen molar-refractivity contribution in [1.82, 2.24) is 0 Å². The number of rotatable bonds is 7. The molecule has 0 spiro atoms. The minimum Gasteiger partial charge on any atom is -0.394 e. The molecule has 0 amide bonds. The van der Waals surface area contributed by atoms with Crippen LogP contribution >= 0.6 is 0 Å². The van der Waals surface area contributed by atoms with Gasteiger partial charge in [0.15, 0.2) is 0 Å². The summed E-state index contributed by atoms with van der Waals surface area (Å²) < 4.78 is 6.03. The molecule has 112 valence electrons. The fourth-order valence-corrected chi connectivity index (χ4v) is 2.32. The molecular formula is C18H22O3. The molecule has 0 aromatic heterocycles. The fraction of sp³-hybridized carbons (Fsp3) is 0.333. The lowest BCUT2D eigenvalue weighted by molar-refractivity contribution is -0.0545. The number of hydrogen-bond donors (Lipinski definition) is 2. The molecule has 2 aromatic carbocycles. The molecule has 0 heterocycles. The maximum Gasteiger partial charge on any atom is 0.0880 e. The highest BCUT2D eigenvalue weighted by atomic mass is 16.5. The van der Waals surface area contributed by atoms with E-state index < -0.39 is 6.10 Å². The molecule has 0 radical (unpaired) electrons. The molecule has 0 aliphatic rings. The van der Waals surface area contributed by atoms with Crippen LogP contribution < -0.4 is 0 Å². The number of aliphatic hydroxyl groups is 2. The zero-order valence-electron chi connectivity index (χ0n) is 12.2. The van der Waals surface area contributed by atoms with E-state index in [1.54, 1.807) is 0 Å². The van der Waals surface area contributed by atoms with Crippen molar-refractivity contribution in [3.63, 3.8) is 0 Å². The molecule has 0 aliphatic carbocycles. The van der Waals surface area contributed by atoms with Crippen molar-refractivity contribution < 1.29 is 14.9 Å². The summed E-state index contributed by atoms with van der Waals surface area (Å²) in [5, 5.41) is 19.1. The van der Waals surface area contributed by atoms with Crippen molar-refractivity contribution in [2.45, 2.75) is 25.7 Å². The van der Waals surface area contributed by atoms with E-state index in [1.165, 1.54) is 0 Å². The lowest BCUT2D eigenvalue weighted by atomic mass is 9.92. The SMILES string of the molecule is C[C@@H]([C@@H](O)CO)[C@@H](OCc1ccccc1)c1ccccc1. The minimum atomic E-state index is -0.800. The van der Waals surface area contributed by atoms with Crippen molar-refractivity contribution in [2.75, 3.05) is 6.61 Å². The van der Waals surface area contributed by atoms with Crippen LogP contribution in [0.2, 0.25) is 0 Å². The first-order chi connectivity index (χ1) is 10.2. The van der Waals surface area contributed by atoms with E-state index in [1.807, 2.05) is 67.6 Å². The van der Waals surface area contributed by atoms with E-state index in [-0.39, 0.29) is 18.6 Å². The molecular weight excluding hydrogens is 264 g/mol. The Morgan fingerprint density at radius 2 is 1.52 bits per heavy atom. The number of hydrogen-bond acceptors (Lipinski definition) is 3. The van der Waals surface area contributed by atoms with Gasteiger partial charge in [0.25, 0.3) is 0 Å². The van der Waals surface area contributed by atoms with Gasteiger partial charge >= 0.3 is 0 Å². The normalized spacial score (nSPS) is 15.4. The Labute approximate surface area is 125 Å². The maximum atomic E-state index is 9.93. The Bertz CT molecular complexity index is 513. The van der Waals surface area contributed by atoms with Crippen molar-refractivity contribution >= 4 is 0 Å². The Hall–Kier alpha value is -1.68. The summed E-state index contributed by atoms with van der Waals surface area (Å²) in [5.41, 5.74) is 2.09. The molecule has 3 atom stereocenters. The second-order valence-electron chi connectivity index (χ2n) is 5.24. The van der Waals surface area contributed by atoms with E-state index in [0.717, 1.165) is 11.1 Å². The standard InChI is InChI=1S/C18H22O3/c1-14(17(20)12-19)18(16-10-6-3-7-11-16)21-13-15-8-4-2-5-9-15/h2-11,14,17-20H,12-13H2,1H3/t14-,17-,18+/m0/s1. The van der Waals surface area contributed by atoms with Crippen molar-refractivity contribution in [2.24, 2.45) is 5.92 Å². The highest BCUT2D eigenvalue weighted by Crippen LogP contribution is 2.29. The third-order valence-electron chi connectivity index (χ3n) is 3.67. The van der Waals surface area contributed by atoms with E-state index in [9.17, 15) is 10.2 Å². The summed E-state index contributed by atoms with van der Waals surface area (Å²) in [5.74, 6) is -0.193. The van der Waals surface area contributed by atoms with Crippen molar-refractivity contribution in [1.29, 1.82) is 0 Å². The average Bonchev–Trinajstić information content (AvgIpc) is 2.56. The number of ether oxygens (including phenoxy) is 1. The van der Waals surface area contributed by atoms with E-state index in [0.29, 0.717) is 6.61 Å². The summed E-state index contributed by atoms with van der Waals surface area (Å²) in [6, 6.07) is 19.8. The highest BCUT2D eigenvalue weighted by molar-refractivity contribution is 5.19. The Kier molecular flexibility index (Phi) is 5.93. The molecule has 0 fully saturated rings. The van der Waals surface area contributed by atoms with Crippen LogP contribution in [-0.4, -0.2) is 22.9 Å². The first-order valence-electron chi connectivity index (χ1n) is 7.21. The molecule has 2 rings (SSSR count). The first kappa shape index (κ1) is 15.7. The Morgan fingerprint density at radius 1 is 0.952 bits per heavy atom. The molecule has 0 saturated heterocycles. The third kappa shape index (κ3) is 4.39. The van der Waals surface area contributed by atoms with Crippen LogP contribution in [0.3, 0.4) is 0 Å². The van der Waals surface area contributed by atoms with Gasteiger partial charge in [-0.2, -0.15) is 0 Å². The van der Waals surface area contributed by atoms with Crippen molar-refractivity contribution in [3.05, 3.63) is 71.8 Å². The van der Waals surface area contributed by atoms with Gasteiger partial charge in [-0.05, 0) is 11.1 Å². The van der Waals surface area contributed by atoms with Gasteiger partial charge < -0.3 is 14.9 Å². The van der Waals surface area contributed by atoms with Gasteiger partial charge in [0.1, 0.15) is 0 Å². The zero-order valence-corrected chi connectivity index (χ0v) is 12.2. The largest absolute Gasteiger partial charge is 0.394 e. The van der Waals surface area contributed by atoms with Crippen LogP contribution in [0, 0.1) is 5.92 Å². The summed E-state index contributed by atoms with van der Waals surface area (Å²) >= 11 is 0. The summed E-state index contributed by atoms with van der Waals surface area (Å²) in [6.07, 6.45) is -1.06. The molecule has 0 aliphatic heterocycles. The monoisotopic (exact) mass is 286 g/mol. The van der Waals surface area contributed by atoms with E-state index in [4.69, 9.17) is 4.74 Å². The predicted molar refractivity (Wildman–Crippen MR) is 82.7 cm³/mol.